The number of amides is 2. The third-order valence-corrected chi connectivity index (χ3v) is 4.86. The van der Waals surface area contributed by atoms with Crippen molar-refractivity contribution in [2.75, 3.05) is 10.6 Å². The molecule has 0 heterocycles. The van der Waals surface area contributed by atoms with Crippen LogP contribution in [0.4, 0.5) is 28.9 Å². The third kappa shape index (κ3) is 6.21. The summed E-state index contributed by atoms with van der Waals surface area (Å²) >= 11 is 0.998. The Morgan fingerprint density at radius 2 is 1.53 bits per heavy atom. The van der Waals surface area contributed by atoms with Crippen LogP contribution in [0.5, 0.6) is 0 Å². The van der Waals surface area contributed by atoms with Crippen LogP contribution < -0.4 is 10.6 Å². The van der Waals surface area contributed by atoms with E-state index in [-0.39, 0.29) is 18.9 Å². The Morgan fingerprint density at radius 1 is 0.967 bits per heavy atom. The van der Waals surface area contributed by atoms with Crippen LogP contribution in [-0.2, 0) is 14.4 Å². The summed E-state index contributed by atoms with van der Waals surface area (Å²) in [7, 11) is 0. The molecular weight excluding hydrogens is 428 g/mol. The number of nitrogens with one attached hydrogen (secondary N) is 2. The molecule has 0 saturated heterocycles. The molecule has 11 heteroatoms. The lowest BCUT2D eigenvalue weighted by molar-refractivity contribution is -0.138. The molecular formula is C19H16F4N2O4S. The number of hydrogen-bond donors (Lipinski definition) is 3. The van der Waals surface area contributed by atoms with Gasteiger partial charge in [0.25, 0.3) is 0 Å². The number of carboxylic acid groups (broad SMARTS) is 1. The molecule has 160 valence electrons. The number of carboxylic acids is 1. The molecule has 2 amide bonds. The van der Waals surface area contributed by atoms with E-state index < -0.39 is 52.0 Å². The molecule has 0 saturated carbocycles. The number of thioether (sulfide) groups is 1. The van der Waals surface area contributed by atoms with Gasteiger partial charge in [0.1, 0.15) is 5.69 Å². The van der Waals surface area contributed by atoms with Crippen LogP contribution in [0.1, 0.15) is 19.8 Å². The lowest BCUT2D eigenvalue weighted by Gasteiger charge is -2.14. The highest BCUT2D eigenvalue weighted by molar-refractivity contribution is 8.00. The molecule has 0 bridgehead atoms. The molecule has 1 atom stereocenters. The average Bonchev–Trinajstić information content (AvgIpc) is 2.69. The minimum atomic E-state index is -1.71. The van der Waals surface area contributed by atoms with Crippen LogP contribution >= 0.6 is 11.8 Å². The van der Waals surface area contributed by atoms with Crippen molar-refractivity contribution in [1.82, 2.24) is 0 Å². The summed E-state index contributed by atoms with van der Waals surface area (Å²) in [5.74, 6) is -9.13. The molecule has 2 aromatic carbocycles. The number of aliphatic carboxylic acids is 1. The monoisotopic (exact) mass is 444 g/mol. The van der Waals surface area contributed by atoms with E-state index in [2.05, 4.69) is 5.32 Å². The van der Waals surface area contributed by atoms with E-state index in [1.807, 2.05) is 5.32 Å². The van der Waals surface area contributed by atoms with Crippen molar-refractivity contribution < 1.29 is 37.1 Å². The smallest absolute Gasteiger partial charge is 0.303 e. The molecule has 0 aliphatic heterocycles. The number of benzene rings is 2. The molecule has 0 fully saturated rings. The minimum absolute atomic E-state index is 0.0422. The molecule has 2 aromatic rings. The van der Waals surface area contributed by atoms with Crippen LogP contribution in [0, 0.1) is 23.3 Å². The van der Waals surface area contributed by atoms with E-state index in [4.69, 9.17) is 5.11 Å². The Hall–Kier alpha value is -3.08. The van der Waals surface area contributed by atoms with Crippen molar-refractivity contribution in [1.29, 1.82) is 0 Å². The first-order valence-electron chi connectivity index (χ1n) is 8.50. The minimum Gasteiger partial charge on any atom is -0.481 e. The van der Waals surface area contributed by atoms with E-state index in [0.717, 1.165) is 11.8 Å². The highest BCUT2D eigenvalue weighted by Crippen LogP contribution is 2.28. The Balaban J connectivity index is 1.98. The van der Waals surface area contributed by atoms with E-state index in [9.17, 15) is 31.9 Å². The maximum atomic E-state index is 13.7. The zero-order valence-corrected chi connectivity index (χ0v) is 16.3. The standard InChI is InChI=1S/C19H16F4N2O4S/c1-9(19(29)25-18-16(22)12(20)8-13(21)17(18)23)30-11-4-2-10(3-5-11)24-14(26)6-7-15(27)28/h2-5,8-9H,6-7H2,1H3,(H,24,26)(H,25,29)(H,27,28). The molecule has 3 N–H and O–H groups in total. The molecule has 0 aliphatic rings. The fraction of sp³-hybridized carbons (Fsp3) is 0.211. The van der Waals surface area contributed by atoms with Crippen molar-refractivity contribution >= 4 is 40.9 Å². The number of halogens is 4. The van der Waals surface area contributed by atoms with Gasteiger partial charge in [-0.3, -0.25) is 14.4 Å². The van der Waals surface area contributed by atoms with E-state index in [0.29, 0.717) is 10.6 Å². The first-order valence-corrected chi connectivity index (χ1v) is 9.38. The first-order chi connectivity index (χ1) is 14.1. The summed E-state index contributed by atoms with van der Waals surface area (Å²) < 4.78 is 53.8. The molecule has 1 unspecified atom stereocenters. The van der Waals surface area contributed by atoms with E-state index in [1.54, 1.807) is 12.1 Å². The fourth-order valence-electron chi connectivity index (χ4n) is 2.23. The molecule has 0 spiro atoms. The Morgan fingerprint density at radius 3 is 2.07 bits per heavy atom. The molecule has 30 heavy (non-hydrogen) atoms. The van der Waals surface area contributed by atoms with E-state index in [1.165, 1.54) is 19.1 Å². The zero-order chi connectivity index (χ0) is 22.4. The second-order valence-electron chi connectivity index (χ2n) is 6.06. The summed E-state index contributed by atoms with van der Waals surface area (Å²) in [5, 5.41) is 12.0. The number of hydrogen-bond acceptors (Lipinski definition) is 4. The number of carbonyl (C=O) groups excluding carboxylic acids is 2. The normalized spacial score (nSPS) is 11.6. The van der Waals surface area contributed by atoms with Crippen molar-refractivity contribution in [2.45, 2.75) is 29.9 Å². The number of carbonyl (C=O) groups is 3. The second kappa shape index (κ2) is 10.1. The second-order valence-corrected chi connectivity index (χ2v) is 7.47. The van der Waals surface area contributed by atoms with Gasteiger partial charge in [-0.2, -0.15) is 0 Å². The molecule has 0 aliphatic carbocycles. The van der Waals surface area contributed by atoms with Crippen molar-refractivity contribution in [2.24, 2.45) is 0 Å². The van der Waals surface area contributed by atoms with E-state index >= 15 is 0 Å². The van der Waals surface area contributed by atoms with Gasteiger partial charge >= 0.3 is 5.97 Å². The van der Waals surface area contributed by atoms with Gasteiger partial charge in [0.2, 0.25) is 11.8 Å². The molecule has 0 aromatic heterocycles. The summed E-state index contributed by atoms with van der Waals surface area (Å²) in [6, 6.07) is 6.20. The maximum absolute atomic E-state index is 13.7. The van der Waals surface area contributed by atoms with Crippen LogP contribution in [0.2, 0.25) is 0 Å². The van der Waals surface area contributed by atoms with Gasteiger partial charge in [-0.15, -0.1) is 11.8 Å². The summed E-state index contributed by atoms with van der Waals surface area (Å²) in [6.45, 7) is 1.42. The predicted molar refractivity (Wildman–Crippen MR) is 102 cm³/mol. The lowest BCUT2D eigenvalue weighted by atomic mass is 10.2. The van der Waals surface area contributed by atoms with Gasteiger partial charge in [-0.05, 0) is 31.2 Å². The highest BCUT2D eigenvalue weighted by Gasteiger charge is 2.23. The Bertz CT molecular complexity index is 944. The zero-order valence-electron chi connectivity index (χ0n) is 15.5. The predicted octanol–water partition coefficient (Wildman–Crippen LogP) is 4.17. The van der Waals surface area contributed by atoms with Gasteiger partial charge in [-0.1, -0.05) is 0 Å². The van der Waals surface area contributed by atoms with Crippen LogP contribution in [-0.4, -0.2) is 28.1 Å². The van der Waals surface area contributed by atoms with Crippen molar-refractivity contribution in [3.05, 3.63) is 53.6 Å². The van der Waals surface area contributed by atoms with Crippen molar-refractivity contribution in [3.8, 4) is 0 Å². The Labute approximate surface area is 172 Å². The van der Waals surface area contributed by atoms with Crippen LogP contribution in [0.25, 0.3) is 0 Å². The fourth-order valence-corrected chi connectivity index (χ4v) is 3.09. The van der Waals surface area contributed by atoms with Gasteiger partial charge in [0.05, 0.1) is 11.7 Å². The SMILES string of the molecule is CC(Sc1ccc(NC(=O)CCC(=O)O)cc1)C(=O)Nc1c(F)c(F)cc(F)c1F. The van der Waals surface area contributed by atoms with Crippen molar-refractivity contribution in [3.63, 3.8) is 0 Å². The van der Waals surface area contributed by atoms with Gasteiger partial charge in [0.15, 0.2) is 23.3 Å². The average molecular weight is 444 g/mol. The summed E-state index contributed by atoms with van der Waals surface area (Å²) in [6.07, 6.45) is -0.486. The lowest BCUT2D eigenvalue weighted by Crippen LogP contribution is -2.24. The maximum Gasteiger partial charge on any atom is 0.303 e. The molecule has 0 radical (unpaired) electrons. The highest BCUT2D eigenvalue weighted by atomic mass is 32.2. The topological polar surface area (TPSA) is 95.5 Å². The summed E-state index contributed by atoms with van der Waals surface area (Å²) in [5.41, 5.74) is -0.796. The third-order valence-electron chi connectivity index (χ3n) is 3.75. The number of anilines is 2. The summed E-state index contributed by atoms with van der Waals surface area (Å²) in [4.78, 5) is 34.8. The van der Waals surface area contributed by atoms with Crippen LogP contribution in [0.3, 0.4) is 0 Å². The van der Waals surface area contributed by atoms with Gasteiger partial charge in [0, 0.05) is 23.1 Å². The molecule has 2 rings (SSSR count). The van der Waals surface area contributed by atoms with Crippen LogP contribution in [0.15, 0.2) is 35.2 Å². The van der Waals surface area contributed by atoms with Gasteiger partial charge < -0.3 is 15.7 Å². The number of rotatable bonds is 8. The Kier molecular flexibility index (Phi) is 7.81. The largest absolute Gasteiger partial charge is 0.481 e. The van der Waals surface area contributed by atoms with Gasteiger partial charge in [-0.25, -0.2) is 17.6 Å². The first kappa shape index (κ1) is 23.2. The quantitative estimate of drug-likeness (QED) is 0.323. The molecule has 6 nitrogen and oxygen atoms in total.